The minimum atomic E-state index is -1.66. The summed E-state index contributed by atoms with van der Waals surface area (Å²) in [7, 11) is 0. The minimum absolute atomic E-state index is 0.285. The number of rotatable bonds is 5. The van der Waals surface area contributed by atoms with Crippen LogP contribution in [0.1, 0.15) is 34.5 Å². The van der Waals surface area contributed by atoms with Crippen LogP contribution < -0.4 is 0 Å². The number of halogens is 3. The molecule has 31 heavy (non-hydrogen) atoms. The van der Waals surface area contributed by atoms with Crippen LogP contribution in [-0.2, 0) is 35.6 Å². The third-order valence-corrected chi connectivity index (χ3v) is 5.95. The summed E-state index contributed by atoms with van der Waals surface area (Å²) in [5, 5.41) is 2.86. The second kappa shape index (κ2) is 8.99. The van der Waals surface area contributed by atoms with Crippen molar-refractivity contribution in [1.82, 2.24) is 14.6 Å². The number of hydrogen-bond acceptors (Lipinski definition) is 4. The summed E-state index contributed by atoms with van der Waals surface area (Å²) in [6.07, 6.45) is 3.34. The highest BCUT2D eigenvalue weighted by Crippen LogP contribution is 2.33. The largest absolute Gasteiger partial charge is 0.367 e. The van der Waals surface area contributed by atoms with Gasteiger partial charge in [0.05, 0.1) is 13.0 Å². The van der Waals surface area contributed by atoms with Crippen LogP contribution in [-0.4, -0.2) is 30.9 Å². The van der Waals surface area contributed by atoms with Crippen LogP contribution in [0, 0.1) is 13.8 Å². The fourth-order valence-corrected chi connectivity index (χ4v) is 4.43. The van der Waals surface area contributed by atoms with E-state index in [1.54, 1.807) is 5.06 Å². The summed E-state index contributed by atoms with van der Waals surface area (Å²) in [5.74, 6) is -0.546. The highest BCUT2D eigenvalue weighted by atomic mass is 35.6. The molecule has 4 rings (SSSR count). The van der Waals surface area contributed by atoms with E-state index >= 15 is 0 Å². The normalized spacial score (nSPS) is 14.6. The Morgan fingerprint density at radius 2 is 2.00 bits per heavy atom. The Balaban J connectivity index is 1.59. The molecule has 0 N–H and O–H groups in total. The van der Waals surface area contributed by atoms with Gasteiger partial charge in [-0.15, -0.1) is 5.06 Å². The number of alkyl halides is 3. The molecule has 8 heteroatoms. The number of carbonyl (C=O) groups is 1. The van der Waals surface area contributed by atoms with E-state index in [0.29, 0.717) is 13.1 Å². The van der Waals surface area contributed by atoms with Crippen molar-refractivity contribution >= 4 is 51.7 Å². The van der Waals surface area contributed by atoms with Crippen LogP contribution in [0.2, 0.25) is 0 Å². The maximum absolute atomic E-state index is 12.1. The average Bonchev–Trinajstić information content (AvgIpc) is 2.98. The molecule has 164 valence electrons. The standard InChI is InChI=1S/C23H24Cl3N3O2/c1-15-3-6-20-18(11-15)19-14-28(31-22(30)12-23(24,25)26)9-8-21(19)29(20)10-7-17-5-4-16(2)27-13-17/h3-6,11,13H,7-10,12,14H2,1-2H3. The van der Waals surface area contributed by atoms with Crippen molar-refractivity contribution in [2.75, 3.05) is 6.54 Å². The van der Waals surface area contributed by atoms with Crippen LogP contribution in [0.3, 0.4) is 0 Å². The van der Waals surface area contributed by atoms with Gasteiger partial charge in [-0.25, -0.2) is 0 Å². The minimum Gasteiger partial charge on any atom is -0.367 e. The predicted molar refractivity (Wildman–Crippen MR) is 124 cm³/mol. The van der Waals surface area contributed by atoms with Crippen LogP contribution in [0.5, 0.6) is 0 Å². The molecule has 3 heterocycles. The number of pyridine rings is 1. The van der Waals surface area contributed by atoms with E-state index in [2.05, 4.69) is 40.7 Å². The summed E-state index contributed by atoms with van der Waals surface area (Å²) in [5.41, 5.74) is 7.10. The Kier molecular flexibility index (Phi) is 6.50. The molecule has 0 amide bonds. The van der Waals surface area contributed by atoms with Gasteiger partial charge in [-0.2, -0.15) is 0 Å². The quantitative estimate of drug-likeness (QED) is 0.454. The number of aromatic nitrogens is 2. The van der Waals surface area contributed by atoms with Gasteiger partial charge >= 0.3 is 5.97 Å². The molecule has 0 unspecified atom stereocenters. The zero-order chi connectivity index (χ0) is 22.2. The van der Waals surface area contributed by atoms with E-state index in [4.69, 9.17) is 39.6 Å². The molecule has 2 aromatic heterocycles. The zero-order valence-corrected chi connectivity index (χ0v) is 19.8. The molecule has 5 nitrogen and oxygen atoms in total. The van der Waals surface area contributed by atoms with Crippen LogP contribution in [0.4, 0.5) is 0 Å². The van der Waals surface area contributed by atoms with Crippen molar-refractivity contribution in [2.45, 2.75) is 50.0 Å². The number of benzene rings is 1. The predicted octanol–water partition coefficient (Wildman–Crippen LogP) is 5.47. The van der Waals surface area contributed by atoms with Crippen molar-refractivity contribution in [3.05, 3.63) is 64.6 Å². The lowest BCUT2D eigenvalue weighted by atomic mass is 10.0. The zero-order valence-electron chi connectivity index (χ0n) is 17.5. The van der Waals surface area contributed by atoms with Gasteiger partial charge in [0.1, 0.15) is 0 Å². The molecule has 0 aliphatic carbocycles. The molecule has 1 aromatic carbocycles. The highest BCUT2D eigenvalue weighted by molar-refractivity contribution is 6.68. The van der Waals surface area contributed by atoms with E-state index < -0.39 is 9.76 Å². The first kappa shape index (κ1) is 22.4. The smallest absolute Gasteiger partial charge is 0.329 e. The maximum Gasteiger partial charge on any atom is 0.329 e. The third-order valence-electron chi connectivity index (χ3n) is 5.55. The van der Waals surface area contributed by atoms with Crippen molar-refractivity contribution in [2.24, 2.45) is 0 Å². The maximum atomic E-state index is 12.1. The Hall–Kier alpha value is -1.79. The number of hydrogen-bond donors (Lipinski definition) is 0. The Morgan fingerprint density at radius 3 is 2.71 bits per heavy atom. The summed E-state index contributed by atoms with van der Waals surface area (Å²) in [6, 6.07) is 10.7. The third kappa shape index (κ3) is 5.35. The Labute approximate surface area is 196 Å². The summed E-state index contributed by atoms with van der Waals surface area (Å²) in [6.45, 7) is 6.06. The van der Waals surface area contributed by atoms with Gasteiger partial charge in [0, 0.05) is 48.0 Å². The van der Waals surface area contributed by atoms with Gasteiger partial charge in [-0.1, -0.05) is 52.5 Å². The molecule has 0 saturated carbocycles. The van der Waals surface area contributed by atoms with E-state index in [1.807, 2.05) is 19.2 Å². The molecule has 0 atom stereocenters. The first-order valence-corrected chi connectivity index (χ1v) is 11.4. The van der Waals surface area contributed by atoms with Crippen molar-refractivity contribution in [3.63, 3.8) is 0 Å². The van der Waals surface area contributed by atoms with E-state index in [-0.39, 0.29) is 6.42 Å². The first-order valence-electron chi connectivity index (χ1n) is 10.2. The van der Waals surface area contributed by atoms with Gasteiger partial charge in [-0.3, -0.25) is 9.78 Å². The van der Waals surface area contributed by atoms with Gasteiger partial charge in [-0.05, 0) is 49.6 Å². The number of aryl methyl sites for hydroxylation is 4. The highest BCUT2D eigenvalue weighted by Gasteiger charge is 2.30. The summed E-state index contributed by atoms with van der Waals surface area (Å²) >= 11 is 17.2. The monoisotopic (exact) mass is 479 g/mol. The van der Waals surface area contributed by atoms with Crippen molar-refractivity contribution < 1.29 is 9.63 Å². The SMILES string of the molecule is Cc1ccc2c(c1)c1c(n2CCc2ccc(C)nc2)CCN(OC(=O)CC(Cl)(Cl)Cl)C1. The molecular weight excluding hydrogens is 457 g/mol. The lowest BCUT2D eigenvalue weighted by molar-refractivity contribution is -0.194. The van der Waals surface area contributed by atoms with Crippen molar-refractivity contribution in [1.29, 1.82) is 0 Å². The second-order valence-corrected chi connectivity index (χ2v) is 10.5. The molecule has 1 aliphatic rings. The van der Waals surface area contributed by atoms with E-state index in [1.165, 1.54) is 33.3 Å². The second-order valence-electron chi connectivity index (χ2n) is 8.02. The lowest BCUT2D eigenvalue weighted by Crippen LogP contribution is -2.34. The molecule has 3 aromatic rings. The lowest BCUT2D eigenvalue weighted by Gasteiger charge is -2.27. The van der Waals surface area contributed by atoms with Crippen LogP contribution in [0.25, 0.3) is 10.9 Å². The Bertz CT molecular complexity index is 1100. The van der Waals surface area contributed by atoms with Crippen LogP contribution >= 0.6 is 34.8 Å². The van der Waals surface area contributed by atoms with Gasteiger partial charge < -0.3 is 9.40 Å². The summed E-state index contributed by atoms with van der Waals surface area (Å²) < 4.78 is 0.737. The average molecular weight is 481 g/mol. The fourth-order valence-electron chi connectivity index (χ4n) is 4.10. The molecule has 0 saturated heterocycles. The number of hydroxylamine groups is 2. The van der Waals surface area contributed by atoms with E-state index in [0.717, 1.165) is 25.1 Å². The van der Waals surface area contributed by atoms with Crippen molar-refractivity contribution in [3.8, 4) is 0 Å². The number of fused-ring (bicyclic) bond motifs is 3. The fraction of sp³-hybridized carbons (Fsp3) is 0.391. The van der Waals surface area contributed by atoms with Gasteiger partial charge in [0.15, 0.2) is 0 Å². The summed E-state index contributed by atoms with van der Waals surface area (Å²) in [4.78, 5) is 22.0. The molecule has 0 spiro atoms. The molecule has 0 radical (unpaired) electrons. The van der Waals surface area contributed by atoms with Gasteiger partial charge in [0.2, 0.25) is 3.79 Å². The van der Waals surface area contributed by atoms with Crippen LogP contribution in [0.15, 0.2) is 36.5 Å². The Morgan fingerprint density at radius 1 is 1.19 bits per heavy atom. The van der Waals surface area contributed by atoms with E-state index in [9.17, 15) is 4.79 Å². The molecular formula is C23H24Cl3N3O2. The molecule has 0 bridgehead atoms. The first-order chi connectivity index (χ1) is 14.7. The number of nitrogens with zero attached hydrogens (tertiary/aromatic N) is 3. The molecule has 1 aliphatic heterocycles. The van der Waals surface area contributed by atoms with Gasteiger partial charge in [0.25, 0.3) is 0 Å². The molecule has 0 fully saturated rings. The topological polar surface area (TPSA) is 47.4 Å². The number of carbonyl (C=O) groups excluding carboxylic acids is 1.